The van der Waals surface area contributed by atoms with E-state index in [4.69, 9.17) is 4.74 Å². The number of ether oxygens (including phenoxy) is 1. The van der Waals surface area contributed by atoms with Gasteiger partial charge in [-0.3, -0.25) is 9.59 Å². The smallest absolute Gasteiger partial charge is 0.179 e. The molecule has 1 aliphatic rings. The van der Waals surface area contributed by atoms with E-state index in [0.29, 0.717) is 6.42 Å². The fourth-order valence-electron chi connectivity index (χ4n) is 4.11. The van der Waals surface area contributed by atoms with Gasteiger partial charge in [-0.15, -0.1) is 0 Å². The SMILES string of the molecule is CCc1cc(-c2cc(C)cc(F)c2)ccc1C1C(=O)C(C)(C)OC(C)(C)C1=O. The molecule has 1 fully saturated rings. The first kappa shape index (κ1) is 20.4. The Morgan fingerprint density at radius 1 is 0.929 bits per heavy atom. The first-order valence-corrected chi connectivity index (χ1v) is 9.65. The average molecular weight is 382 g/mol. The number of benzene rings is 2. The zero-order valence-corrected chi connectivity index (χ0v) is 17.4. The molecule has 1 aliphatic heterocycles. The van der Waals surface area contributed by atoms with E-state index < -0.39 is 17.1 Å². The van der Waals surface area contributed by atoms with Crippen LogP contribution in [0.5, 0.6) is 0 Å². The van der Waals surface area contributed by atoms with E-state index in [2.05, 4.69) is 0 Å². The Morgan fingerprint density at radius 3 is 2.07 bits per heavy atom. The maximum Gasteiger partial charge on any atom is 0.179 e. The van der Waals surface area contributed by atoms with Gasteiger partial charge >= 0.3 is 0 Å². The average Bonchev–Trinajstić information content (AvgIpc) is 2.59. The molecule has 0 bridgehead atoms. The minimum absolute atomic E-state index is 0.221. The Kier molecular flexibility index (Phi) is 5.05. The van der Waals surface area contributed by atoms with Crippen LogP contribution in [-0.4, -0.2) is 22.8 Å². The van der Waals surface area contributed by atoms with E-state index in [1.807, 2.05) is 38.1 Å². The fraction of sp³-hybridized carbons (Fsp3) is 0.417. The van der Waals surface area contributed by atoms with Crippen LogP contribution < -0.4 is 0 Å². The maximum atomic E-state index is 13.8. The summed E-state index contributed by atoms with van der Waals surface area (Å²) in [5, 5.41) is 0. The topological polar surface area (TPSA) is 43.4 Å². The van der Waals surface area contributed by atoms with Crippen molar-refractivity contribution >= 4 is 11.6 Å². The van der Waals surface area contributed by atoms with Gasteiger partial charge in [-0.2, -0.15) is 0 Å². The van der Waals surface area contributed by atoms with E-state index in [-0.39, 0.29) is 17.4 Å². The van der Waals surface area contributed by atoms with Crippen molar-refractivity contribution in [2.75, 3.05) is 0 Å². The second kappa shape index (κ2) is 6.93. The monoisotopic (exact) mass is 382 g/mol. The molecule has 28 heavy (non-hydrogen) atoms. The van der Waals surface area contributed by atoms with Crippen molar-refractivity contribution in [1.29, 1.82) is 0 Å². The molecule has 4 heteroatoms. The number of hydrogen-bond acceptors (Lipinski definition) is 3. The van der Waals surface area contributed by atoms with Crippen LogP contribution >= 0.6 is 0 Å². The summed E-state index contributed by atoms with van der Waals surface area (Å²) in [5.41, 5.74) is 2.06. The van der Waals surface area contributed by atoms with Crippen LogP contribution in [-0.2, 0) is 20.7 Å². The molecule has 0 N–H and O–H groups in total. The van der Waals surface area contributed by atoms with E-state index in [1.54, 1.807) is 27.7 Å². The van der Waals surface area contributed by atoms with Gasteiger partial charge in [-0.25, -0.2) is 4.39 Å². The summed E-state index contributed by atoms with van der Waals surface area (Å²) < 4.78 is 19.6. The maximum absolute atomic E-state index is 13.8. The number of aryl methyl sites for hydroxylation is 2. The van der Waals surface area contributed by atoms with Crippen molar-refractivity contribution in [2.24, 2.45) is 0 Å². The molecule has 0 aliphatic carbocycles. The molecule has 0 radical (unpaired) electrons. The quantitative estimate of drug-likeness (QED) is 0.688. The van der Waals surface area contributed by atoms with Crippen molar-refractivity contribution in [3.05, 3.63) is 58.9 Å². The molecule has 1 heterocycles. The molecule has 0 amide bonds. The summed E-state index contributed by atoms with van der Waals surface area (Å²) in [6.07, 6.45) is 0.663. The third-order valence-electron chi connectivity index (χ3n) is 5.43. The predicted octanol–water partition coefficient (Wildman–Crippen LogP) is 5.17. The molecule has 0 spiro atoms. The zero-order valence-electron chi connectivity index (χ0n) is 17.4. The molecule has 0 unspecified atom stereocenters. The second-order valence-corrected chi connectivity index (χ2v) is 8.57. The second-order valence-electron chi connectivity index (χ2n) is 8.57. The Balaban J connectivity index is 2.12. The molecule has 0 atom stereocenters. The number of carbonyl (C=O) groups is 2. The number of carbonyl (C=O) groups excluding carboxylic acids is 2. The minimum Gasteiger partial charge on any atom is -0.354 e. The highest BCUT2D eigenvalue weighted by atomic mass is 19.1. The number of hydrogen-bond donors (Lipinski definition) is 0. The van der Waals surface area contributed by atoms with Gasteiger partial charge in [0.15, 0.2) is 11.6 Å². The number of rotatable bonds is 3. The molecule has 148 valence electrons. The van der Waals surface area contributed by atoms with Crippen molar-refractivity contribution in [3.63, 3.8) is 0 Å². The minimum atomic E-state index is -1.04. The van der Waals surface area contributed by atoms with Gasteiger partial charge < -0.3 is 4.74 Å². The van der Waals surface area contributed by atoms with Crippen LogP contribution in [0, 0.1) is 12.7 Å². The van der Waals surface area contributed by atoms with Gasteiger partial charge in [0.1, 0.15) is 22.9 Å². The summed E-state index contributed by atoms with van der Waals surface area (Å²) >= 11 is 0. The largest absolute Gasteiger partial charge is 0.354 e. The molecule has 0 saturated carbocycles. The molecule has 2 aromatic carbocycles. The van der Waals surface area contributed by atoms with E-state index in [1.165, 1.54) is 12.1 Å². The van der Waals surface area contributed by atoms with Crippen LogP contribution in [0.15, 0.2) is 36.4 Å². The summed E-state index contributed by atoms with van der Waals surface area (Å²) in [6.45, 7) is 10.7. The summed E-state index contributed by atoms with van der Waals surface area (Å²) in [7, 11) is 0. The first-order valence-electron chi connectivity index (χ1n) is 9.65. The zero-order chi connectivity index (χ0) is 20.9. The van der Waals surface area contributed by atoms with Crippen molar-refractivity contribution in [2.45, 2.75) is 65.1 Å². The van der Waals surface area contributed by atoms with Crippen LogP contribution in [0.4, 0.5) is 4.39 Å². The normalized spacial score (nSPS) is 19.1. The lowest BCUT2D eigenvalue weighted by molar-refractivity contribution is -0.184. The molecule has 3 rings (SSSR count). The van der Waals surface area contributed by atoms with Crippen molar-refractivity contribution in [3.8, 4) is 11.1 Å². The van der Waals surface area contributed by atoms with Gasteiger partial charge in [0.25, 0.3) is 0 Å². The molecule has 2 aromatic rings. The number of ketones is 2. The molecule has 1 saturated heterocycles. The van der Waals surface area contributed by atoms with E-state index in [0.717, 1.165) is 27.8 Å². The van der Waals surface area contributed by atoms with E-state index in [9.17, 15) is 14.0 Å². The summed E-state index contributed by atoms with van der Waals surface area (Å²) in [4.78, 5) is 26.1. The van der Waals surface area contributed by atoms with Gasteiger partial charge in [-0.1, -0.05) is 31.2 Å². The van der Waals surface area contributed by atoms with Gasteiger partial charge in [-0.05, 0) is 81.0 Å². The van der Waals surface area contributed by atoms with Crippen LogP contribution in [0.3, 0.4) is 0 Å². The van der Waals surface area contributed by atoms with Gasteiger partial charge in [0.2, 0.25) is 0 Å². The lowest BCUT2D eigenvalue weighted by Gasteiger charge is -2.43. The highest BCUT2D eigenvalue weighted by Crippen LogP contribution is 2.40. The first-order chi connectivity index (χ1) is 13.0. The Labute approximate surface area is 165 Å². The van der Waals surface area contributed by atoms with Crippen molar-refractivity contribution < 1.29 is 18.7 Å². The van der Waals surface area contributed by atoms with Crippen LogP contribution in [0.1, 0.15) is 57.2 Å². The highest BCUT2D eigenvalue weighted by Gasteiger charge is 2.53. The lowest BCUT2D eigenvalue weighted by atomic mass is 9.73. The standard InChI is InChI=1S/C24H27FO3/c1-7-15-12-16(17-10-14(2)11-18(25)13-17)8-9-19(15)20-21(26)23(3,4)28-24(5,6)22(20)27/h8-13,20H,7H2,1-6H3. The molecular formula is C24H27FO3. The fourth-order valence-corrected chi connectivity index (χ4v) is 4.11. The lowest BCUT2D eigenvalue weighted by Crippen LogP contribution is -2.58. The number of Topliss-reactive ketones (excluding diaryl/α,β-unsaturated/α-hetero) is 2. The molecular weight excluding hydrogens is 355 g/mol. The van der Waals surface area contributed by atoms with E-state index >= 15 is 0 Å². The Hall–Kier alpha value is -2.33. The van der Waals surface area contributed by atoms with Gasteiger partial charge in [0, 0.05) is 0 Å². The van der Waals surface area contributed by atoms with Crippen LogP contribution in [0.25, 0.3) is 11.1 Å². The Bertz CT molecular complexity index is 910. The Morgan fingerprint density at radius 2 is 1.54 bits per heavy atom. The third kappa shape index (κ3) is 3.53. The summed E-state index contributed by atoms with van der Waals surface area (Å²) in [5.74, 6) is -1.57. The number of halogens is 1. The van der Waals surface area contributed by atoms with Crippen molar-refractivity contribution in [1.82, 2.24) is 0 Å². The van der Waals surface area contributed by atoms with Crippen LogP contribution in [0.2, 0.25) is 0 Å². The summed E-state index contributed by atoms with van der Waals surface area (Å²) in [6, 6.07) is 10.6. The molecule has 0 aromatic heterocycles. The molecule has 3 nitrogen and oxygen atoms in total. The van der Waals surface area contributed by atoms with Gasteiger partial charge in [0.05, 0.1) is 0 Å². The third-order valence-corrected chi connectivity index (χ3v) is 5.43. The predicted molar refractivity (Wildman–Crippen MR) is 108 cm³/mol. The highest BCUT2D eigenvalue weighted by molar-refractivity contribution is 6.15.